The van der Waals surface area contributed by atoms with E-state index in [-0.39, 0.29) is 11.5 Å². The van der Waals surface area contributed by atoms with Crippen LogP contribution in [0.15, 0.2) is 47.5 Å². The molecule has 1 amide bonds. The summed E-state index contributed by atoms with van der Waals surface area (Å²) in [6.45, 7) is 4.50. The summed E-state index contributed by atoms with van der Waals surface area (Å²) in [7, 11) is 1.60. The van der Waals surface area contributed by atoms with Gasteiger partial charge in [-0.2, -0.15) is 0 Å². The lowest BCUT2D eigenvalue weighted by molar-refractivity contribution is 0.0958. The van der Waals surface area contributed by atoms with Crippen molar-refractivity contribution in [2.24, 2.45) is 0 Å². The van der Waals surface area contributed by atoms with E-state index >= 15 is 0 Å². The number of pyridine rings is 3. The van der Waals surface area contributed by atoms with Crippen LogP contribution in [0.1, 0.15) is 40.5 Å². The molecule has 154 valence electrons. The van der Waals surface area contributed by atoms with E-state index in [9.17, 15) is 9.59 Å². The van der Waals surface area contributed by atoms with Crippen LogP contribution in [0.4, 0.5) is 0 Å². The van der Waals surface area contributed by atoms with Gasteiger partial charge in [-0.25, -0.2) is 0 Å². The summed E-state index contributed by atoms with van der Waals surface area (Å²) in [4.78, 5) is 37.8. The molecular formula is C23H25N5O2. The lowest BCUT2D eigenvalue weighted by atomic mass is 10.0. The van der Waals surface area contributed by atoms with Gasteiger partial charge in [0.25, 0.3) is 11.5 Å². The maximum atomic E-state index is 12.1. The molecule has 4 rings (SSSR count). The van der Waals surface area contributed by atoms with Gasteiger partial charge >= 0.3 is 0 Å². The largest absolute Gasteiger partial charge is 0.354 e. The minimum Gasteiger partial charge on any atom is -0.354 e. The zero-order valence-electron chi connectivity index (χ0n) is 17.2. The third-order valence-electron chi connectivity index (χ3n) is 5.50. The van der Waals surface area contributed by atoms with E-state index in [0.29, 0.717) is 12.1 Å². The molecule has 0 saturated heterocycles. The van der Waals surface area contributed by atoms with Gasteiger partial charge in [-0.05, 0) is 47.7 Å². The van der Waals surface area contributed by atoms with Gasteiger partial charge in [-0.15, -0.1) is 0 Å². The van der Waals surface area contributed by atoms with E-state index in [2.05, 4.69) is 31.2 Å². The van der Waals surface area contributed by atoms with Gasteiger partial charge in [0.2, 0.25) is 0 Å². The van der Waals surface area contributed by atoms with Gasteiger partial charge < -0.3 is 10.3 Å². The number of carbonyl (C=O) groups excluding carboxylic acids is 1. The highest BCUT2D eigenvalue weighted by atomic mass is 16.1. The molecule has 7 heteroatoms. The van der Waals surface area contributed by atoms with Crippen LogP contribution in [-0.2, 0) is 13.0 Å². The fourth-order valence-corrected chi connectivity index (χ4v) is 3.74. The molecule has 0 atom stereocenters. The van der Waals surface area contributed by atoms with Gasteiger partial charge in [0, 0.05) is 44.6 Å². The smallest absolute Gasteiger partial charge is 0.269 e. The first kappa shape index (κ1) is 20.0. The molecule has 0 bridgehead atoms. The summed E-state index contributed by atoms with van der Waals surface area (Å²) in [5.74, 6) is -0.179. The number of aryl methyl sites for hydroxylation is 1. The fraction of sp³-hybridized carbons (Fsp3) is 0.304. The first-order valence-corrected chi connectivity index (χ1v) is 10.2. The average Bonchev–Trinajstić information content (AvgIpc) is 2.78. The van der Waals surface area contributed by atoms with Crippen LogP contribution in [0.3, 0.4) is 0 Å². The number of hydrogen-bond donors (Lipinski definition) is 2. The fourth-order valence-electron chi connectivity index (χ4n) is 3.74. The SMILES string of the molecule is CCc1cc2ncc(CN3CC=C(c4ccc(C(=O)NC)nc4)CC3)cc2[nH]c1=O. The van der Waals surface area contributed by atoms with Crippen LogP contribution < -0.4 is 10.9 Å². The number of nitrogens with zero attached hydrogens (tertiary/aromatic N) is 3. The second-order valence-corrected chi connectivity index (χ2v) is 7.48. The van der Waals surface area contributed by atoms with Crippen molar-refractivity contribution in [2.75, 3.05) is 20.1 Å². The molecule has 0 saturated carbocycles. The molecule has 0 radical (unpaired) electrons. The Morgan fingerprint density at radius 1 is 1.23 bits per heavy atom. The van der Waals surface area contributed by atoms with Crippen molar-refractivity contribution in [2.45, 2.75) is 26.3 Å². The van der Waals surface area contributed by atoms with Gasteiger partial charge in [-0.1, -0.05) is 19.1 Å². The van der Waals surface area contributed by atoms with Gasteiger partial charge in [0.15, 0.2) is 0 Å². The van der Waals surface area contributed by atoms with E-state index < -0.39 is 0 Å². The first-order chi connectivity index (χ1) is 14.6. The van der Waals surface area contributed by atoms with Crippen molar-refractivity contribution in [3.8, 4) is 0 Å². The molecule has 0 unspecified atom stereocenters. The highest BCUT2D eigenvalue weighted by molar-refractivity contribution is 5.92. The quantitative estimate of drug-likeness (QED) is 0.683. The van der Waals surface area contributed by atoms with Crippen LogP contribution in [0.2, 0.25) is 0 Å². The van der Waals surface area contributed by atoms with E-state index in [4.69, 9.17) is 0 Å². The predicted molar refractivity (Wildman–Crippen MR) is 117 cm³/mol. The van der Waals surface area contributed by atoms with E-state index in [1.54, 1.807) is 19.3 Å². The Morgan fingerprint density at radius 2 is 2.10 bits per heavy atom. The lowest BCUT2D eigenvalue weighted by Crippen LogP contribution is -2.28. The number of carbonyl (C=O) groups is 1. The lowest BCUT2D eigenvalue weighted by Gasteiger charge is -2.26. The number of rotatable bonds is 5. The van der Waals surface area contributed by atoms with Gasteiger partial charge in [0.1, 0.15) is 5.69 Å². The first-order valence-electron chi connectivity index (χ1n) is 10.2. The van der Waals surface area contributed by atoms with Crippen LogP contribution in [0, 0.1) is 0 Å². The number of aromatic nitrogens is 3. The van der Waals surface area contributed by atoms with Crippen molar-refractivity contribution in [3.63, 3.8) is 0 Å². The van der Waals surface area contributed by atoms with Crippen LogP contribution in [-0.4, -0.2) is 45.9 Å². The Morgan fingerprint density at radius 3 is 2.77 bits per heavy atom. The van der Waals surface area contributed by atoms with Gasteiger partial charge in [0.05, 0.1) is 11.0 Å². The molecular weight excluding hydrogens is 378 g/mol. The topological polar surface area (TPSA) is 91.0 Å². The van der Waals surface area contributed by atoms with Gasteiger partial charge in [-0.3, -0.25) is 24.5 Å². The Bertz CT molecular complexity index is 1160. The molecule has 30 heavy (non-hydrogen) atoms. The molecule has 0 aliphatic carbocycles. The number of nitrogens with one attached hydrogen (secondary N) is 2. The molecule has 1 aliphatic heterocycles. The Kier molecular flexibility index (Phi) is 5.72. The maximum Gasteiger partial charge on any atom is 0.269 e. The summed E-state index contributed by atoms with van der Waals surface area (Å²) in [5.41, 5.74) is 6.13. The zero-order valence-corrected chi connectivity index (χ0v) is 17.2. The highest BCUT2D eigenvalue weighted by Crippen LogP contribution is 2.23. The summed E-state index contributed by atoms with van der Waals surface area (Å²) < 4.78 is 0. The molecule has 4 heterocycles. The standard InChI is InChI=1S/C23H25N5O2/c1-3-16-11-20-21(27-22(16)29)10-15(12-25-20)14-28-8-6-17(7-9-28)18-4-5-19(26-13-18)23(30)24-2/h4-6,10-13H,3,7-9,14H2,1-2H3,(H,24,30)(H,27,29). The number of aromatic amines is 1. The second-order valence-electron chi connectivity index (χ2n) is 7.48. The molecule has 7 nitrogen and oxygen atoms in total. The minimum atomic E-state index is -0.179. The van der Waals surface area contributed by atoms with E-state index in [1.165, 1.54) is 5.57 Å². The molecule has 3 aromatic rings. The summed E-state index contributed by atoms with van der Waals surface area (Å²) in [6, 6.07) is 7.60. The highest BCUT2D eigenvalue weighted by Gasteiger charge is 2.15. The third-order valence-corrected chi connectivity index (χ3v) is 5.50. The average molecular weight is 403 g/mol. The summed E-state index contributed by atoms with van der Waals surface area (Å²) >= 11 is 0. The number of hydrogen-bond acceptors (Lipinski definition) is 5. The zero-order chi connectivity index (χ0) is 21.1. The molecule has 0 aromatic carbocycles. The van der Waals surface area contributed by atoms with Crippen LogP contribution in [0.5, 0.6) is 0 Å². The Balaban J connectivity index is 1.44. The molecule has 0 fully saturated rings. The predicted octanol–water partition coefficient (Wildman–Crippen LogP) is 2.53. The van der Waals surface area contributed by atoms with Crippen LogP contribution in [0.25, 0.3) is 16.6 Å². The minimum absolute atomic E-state index is 0.0365. The van der Waals surface area contributed by atoms with Crippen molar-refractivity contribution < 1.29 is 4.79 Å². The Labute approximate surface area is 174 Å². The summed E-state index contributed by atoms with van der Waals surface area (Å²) in [6.07, 6.45) is 7.48. The number of amides is 1. The van der Waals surface area contributed by atoms with E-state index in [1.807, 2.05) is 31.3 Å². The Hall–Kier alpha value is -3.32. The molecule has 0 spiro atoms. The third kappa shape index (κ3) is 4.16. The second kappa shape index (κ2) is 8.59. The number of H-pyrrole nitrogens is 1. The van der Waals surface area contributed by atoms with E-state index in [0.717, 1.165) is 53.8 Å². The maximum absolute atomic E-state index is 12.1. The van der Waals surface area contributed by atoms with Crippen molar-refractivity contribution in [1.29, 1.82) is 0 Å². The number of fused-ring (bicyclic) bond motifs is 1. The van der Waals surface area contributed by atoms with Crippen molar-refractivity contribution >= 4 is 22.5 Å². The molecule has 2 N–H and O–H groups in total. The monoisotopic (exact) mass is 403 g/mol. The molecule has 3 aromatic heterocycles. The molecule has 1 aliphatic rings. The van der Waals surface area contributed by atoms with Crippen LogP contribution >= 0.6 is 0 Å². The van der Waals surface area contributed by atoms with Crippen molar-refractivity contribution in [1.82, 2.24) is 25.2 Å². The van der Waals surface area contributed by atoms with Crippen molar-refractivity contribution in [3.05, 3.63) is 75.5 Å². The normalized spacial score (nSPS) is 14.5. The summed E-state index contributed by atoms with van der Waals surface area (Å²) in [5, 5.41) is 2.58.